The average Bonchev–Trinajstić information content (AvgIpc) is 3.55. The van der Waals surface area contributed by atoms with E-state index in [0.29, 0.717) is 23.9 Å². The van der Waals surface area contributed by atoms with E-state index in [1.54, 1.807) is 30.1 Å². The van der Waals surface area contributed by atoms with E-state index in [-0.39, 0.29) is 41.5 Å². The molecule has 10 rings (SSSR count). The number of nitrogens with one attached hydrogen (secondary N) is 2. The summed E-state index contributed by atoms with van der Waals surface area (Å²) in [6.45, 7) is 3.82. The van der Waals surface area contributed by atoms with Gasteiger partial charge >= 0.3 is 0 Å². The second-order valence-electron chi connectivity index (χ2n) is 17.4. The van der Waals surface area contributed by atoms with Gasteiger partial charge in [0, 0.05) is 75.6 Å². The summed E-state index contributed by atoms with van der Waals surface area (Å²) in [5.74, 6) is 0.487. The van der Waals surface area contributed by atoms with Crippen LogP contribution in [-0.2, 0) is 19.8 Å². The van der Waals surface area contributed by atoms with Gasteiger partial charge in [0.1, 0.15) is 23.2 Å². The Labute approximate surface area is 332 Å². The van der Waals surface area contributed by atoms with Crippen molar-refractivity contribution in [3.63, 3.8) is 0 Å². The SMILES string of the molecule is CN(C)C(=O)c1cc2cnc(Nc3ccc(N4CCC5(CC4)CCN(c4cccc6c4C4(CC4)C(=O)N6[C@@H]4CCC(=O)NC4=O)CC5)cn3)nc2n1C1CCCC1. The first kappa shape index (κ1) is 35.9. The highest BCUT2D eigenvalue weighted by molar-refractivity contribution is 6.16. The van der Waals surface area contributed by atoms with E-state index < -0.39 is 11.5 Å². The molecule has 14 heteroatoms. The summed E-state index contributed by atoms with van der Waals surface area (Å²) in [6, 6.07) is 11.8. The van der Waals surface area contributed by atoms with Gasteiger partial charge in [-0.15, -0.1) is 0 Å². The lowest BCUT2D eigenvalue weighted by atomic mass is 9.71. The number of hydrogen-bond acceptors (Lipinski definition) is 10. The van der Waals surface area contributed by atoms with Crippen molar-refractivity contribution in [2.24, 2.45) is 5.41 Å². The maximum absolute atomic E-state index is 13.9. The average molecular weight is 771 g/mol. The molecule has 0 bridgehead atoms. The molecule has 3 aromatic heterocycles. The maximum atomic E-state index is 13.9. The maximum Gasteiger partial charge on any atom is 0.270 e. The first-order chi connectivity index (χ1) is 27.6. The van der Waals surface area contributed by atoms with Crippen LogP contribution in [0.3, 0.4) is 0 Å². The Kier molecular flexibility index (Phi) is 8.52. The number of carbonyl (C=O) groups is 4. The Morgan fingerprint density at radius 2 is 1.58 bits per heavy atom. The minimum atomic E-state index is -0.638. The van der Waals surface area contributed by atoms with E-state index in [1.807, 2.05) is 30.5 Å². The molecule has 0 unspecified atom stereocenters. The van der Waals surface area contributed by atoms with E-state index in [2.05, 4.69) is 42.1 Å². The molecule has 3 saturated heterocycles. The summed E-state index contributed by atoms with van der Waals surface area (Å²) in [5.41, 5.74) is 5.37. The number of amides is 4. The molecule has 5 fully saturated rings. The molecule has 4 amide bonds. The molecule has 2 aliphatic carbocycles. The standard InChI is InChI=1S/C43H50N10O4/c1-49(2)39(56)33-24-27-25-45-41(48-37(27)52(33)28-6-3-4-7-28)46-34-12-10-29(26-44-34)50-20-16-42(17-21-50)18-22-51(23-19-42)30-8-5-9-31-36(30)43(14-15-43)40(57)53(31)32-11-13-35(54)47-38(32)55/h5,8-10,12,24-26,28,32H,3-4,6-7,11,13-23H2,1-2H3,(H,47,54,55)(H,44,45,46,48)/t32-/m1/s1. The number of aromatic nitrogens is 4. The summed E-state index contributed by atoms with van der Waals surface area (Å²) in [5, 5.41) is 6.62. The predicted octanol–water partition coefficient (Wildman–Crippen LogP) is 5.46. The van der Waals surface area contributed by atoms with E-state index in [4.69, 9.17) is 9.97 Å². The van der Waals surface area contributed by atoms with Gasteiger partial charge in [-0.05, 0) is 93.5 Å². The van der Waals surface area contributed by atoms with Gasteiger partial charge in [0.15, 0.2) is 0 Å². The van der Waals surface area contributed by atoms with Gasteiger partial charge < -0.3 is 24.6 Å². The number of pyridine rings is 1. The quantitative estimate of drug-likeness (QED) is 0.232. The number of benzene rings is 1. The second kappa shape index (κ2) is 13.6. The lowest BCUT2D eigenvalue weighted by Crippen LogP contribution is -2.54. The summed E-state index contributed by atoms with van der Waals surface area (Å²) in [4.78, 5) is 74.3. The van der Waals surface area contributed by atoms with Gasteiger partial charge in [-0.2, -0.15) is 4.98 Å². The number of rotatable bonds is 7. The molecule has 296 valence electrons. The summed E-state index contributed by atoms with van der Waals surface area (Å²) >= 11 is 0. The van der Waals surface area contributed by atoms with Crippen LogP contribution in [0.2, 0.25) is 0 Å². The Balaban J connectivity index is 0.787. The zero-order valence-electron chi connectivity index (χ0n) is 32.8. The fourth-order valence-corrected chi connectivity index (χ4v) is 10.5. The molecule has 7 heterocycles. The van der Waals surface area contributed by atoms with Crippen molar-refractivity contribution in [2.75, 3.05) is 60.3 Å². The molecule has 1 aromatic carbocycles. The van der Waals surface area contributed by atoms with Crippen molar-refractivity contribution in [3.05, 3.63) is 60.0 Å². The number of carbonyl (C=O) groups excluding carboxylic acids is 4. The molecule has 57 heavy (non-hydrogen) atoms. The largest absolute Gasteiger partial charge is 0.371 e. The molecule has 4 aliphatic heterocycles. The first-order valence-corrected chi connectivity index (χ1v) is 20.8. The van der Waals surface area contributed by atoms with Gasteiger partial charge in [-0.3, -0.25) is 29.4 Å². The zero-order valence-corrected chi connectivity index (χ0v) is 32.8. The Hall–Kier alpha value is -5.53. The van der Waals surface area contributed by atoms with Gasteiger partial charge in [0.05, 0.1) is 23.0 Å². The third kappa shape index (κ3) is 6.01. The van der Waals surface area contributed by atoms with Crippen LogP contribution in [0, 0.1) is 5.41 Å². The highest BCUT2D eigenvalue weighted by Crippen LogP contribution is 2.61. The molecule has 6 aliphatic rings. The predicted molar refractivity (Wildman–Crippen MR) is 217 cm³/mol. The fraction of sp³-hybridized carbons (Fsp3) is 0.512. The minimum absolute atomic E-state index is 0.0200. The van der Waals surface area contributed by atoms with Crippen molar-refractivity contribution in [3.8, 4) is 0 Å². The fourth-order valence-electron chi connectivity index (χ4n) is 10.5. The van der Waals surface area contributed by atoms with Crippen molar-refractivity contribution < 1.29 is 19.2 Å². The smallest absolute Gasteiger partial charge is 0.270 e. The van der Waals surface area contributed by atoms with Crippen LogP contribution < -0.4 is 25.3 Å². The normalized spacial score (nSPS) is 22.7. The number of fused-ring (bicyclic) bond motifs is 3. The number of piperidine rings is 3. The molecule has 2 N–H and O–H groups in total. The van der Waals surface area contributed by atoms with Crippen LogP contribution in [0.25, 0.3) is 11.0 Å². The van der Waals surface area contributed by atoms with Crippen LogP contribution in [-0.4, -0.2) is 94.4 Å². The third-order valence-electron chi connectivity index (χ3n) is 13.9. The topological polar surface area (TPSA) is 149 Å². The first-order valence-electron chi connectivity index (χ1n) is 20.8. The Morgan fingerprint density at radius 1 is 0.860 bits per heavy atom. The van der Waals surface area contributed by atoms with E-state index in [9.17, 15) is 19.2 Å². The highest BCUT2D eigenvalue weighted by atomic mass is 16.2. The third-order valence-corrected chi connectivity index (χ3v) is 13.9. The number of hydrogen-bond donors (Lipinski definition) is 2. The molecule has 0 radical (unpaired) electrons. The van der Waals surface area contributed by atoms with Crippen LogP contribution >= 0.6 is 0 Å². The van der Waals surface area contributed by atoms with E-state index >= 15 is 0 Å². The van der Waals surface area contributed by atoms with Crippen molar-refractivity contribution in [2.45, 2.75) is 94.5 Å². The zero-order chi connectivity index (χ0) is 39.1. The van der Waals surface area contributed by atoms with Crippen molar-refractivity contribution >= 4 is 63.5 Å². The lowest BCUT2D eigenvalue weighted by molar-refractivity contribution is -0.135. The Morgan fingerprint density at radius 3 is 2.25 bits per heavy atom. The Bertz CT molecular complexity index is 2270. The number of nitrogens with zero attached hydrogens (tertiary/aromatic N) is 8. The molecular formula is C43H50N10O4. The molecule has 4 aromatic rings. The molecule has 2 spiro atoms. The van der Waals surface area contributed by atoms with Crippen LogP contribution in [0.15, 0.2) is 48.8 Å². The molecular weight excluding hydrogens is 721 g/mol. The number of anilines is 5. The molecule has 14 nitrogen and oxygen atoms in total. The number of imide groups is 1. The summed E-state index contributed by atoms with van der Waals surface area (Å²) in [6.07, 6.45) is 14.8. The van der Waals surface area contributed by atoms with Crippen LogP contribution in [0.1, 0.15) is 99.1 Å². The van der Waals surface area contributed by atoms with E-state index in [1.165, 1.54) is 0 Å². The van der Waals surface area contributed by atoms with Gasteiger partial charge in [-0.25, -0.2) is 9.97 Å². The van der Waals surface area contributed by atoms with Gasteiger partial charge in [-0.1, -0.05) is 18.9 Å². The lowest BCUT2D eigenvalue weighted by Gasteiger charge is -2.48. The minimum Gasteiger partial charge on any atom is -0.371 e. The van der Waals surface area contributed by atoms with Crippen LogP contribution in [0.5, 0.6) is 0 Å². The summed E-state index contributed by atoms with van der Waals surface area (Å²) < 4.78 is 2.12. The van der Waals surface area contributed by atoms with Crippen LogP contribution in [0.4, 0.5) is 28.8 Å². The monoisotopic (exact) mass is 770 g/mol. The van der Waals surface area contributed by atoms with Crippen molar-refractivity contribution in [1.82, 2.24) is 29.7 Å². The molecule has 2 saturated carbocycles. The highest BCUT2D eigenvalue weighted by Gasteiger charge is 2.62. The van der Waals surface area contributed by atoms with E-state index in [0.717, 1.165) is 124 Å². The van der Waals surface area contributed by atoms with Gasteiger partial charge in [0.2, 0.25) is 23.7 Å². The summed E-state index contributed by atoms with van der Waals surface area (Å²) in [7, 11) is 3.57. The second-order valence-corrected chi connectivity index (χ2v) is 17.4. The molecule has 1 atom stereocenters. The van der Waals surface area contributed by atoms with Crippen molar-refractivity contribution in [1.29, 1.82) is 0 Å². The van der Waals surface area contributed by atoms with Gasteiger partial charge in [0.25, 0.3) is 5.91 Å².